The molecule has 0 fully saturated rings. The Hall–Kier alpha value is -2.00. The third-order valence-corrected chi connectivity index (χ3v) is 3.40. The summed E-state index contributed by atoms with van der Waals surface area (Å²) in [5.41, 5.74) is 5.82. The first-order valence-electron chi connectivity index (χ1n) is 5.25. The third kappa shape index (κ3) is 3.26. The lowest BCUT2D eigenvalue weighted by Gasteiger charge is -1.98. The van der Waals surface area contributed by atoms with Crippen molar-refractivity contribution < 1.29 is 14.3 Å². The molecule has 9 heteroatoms. The van der Waals surface area contributed by atoms with E-state index in [0.29, 0.717) is 10.3 Å². The monoisotopic (exact) mass is 298 g/mol. The number of esters is 1. The van der Waals surface area contributed by atoms with E-state index >= 15 is 0 Å². The molecule has 0 spiro atoms. The maximum Gasteiger partial charge on any atom is 0.357 e. The van der Waals surface area contributed by atoms with Crippen molar-refractivity contribution in [3.8, 4) is 0 Å². The Labute approximate surface area is 116 Å². The van der Waals surface area contributed by atoms with Crippen LogP contribution in [0.1, 0.15) is 27.9 Å². The molecule has 0 aromatic carbocycles. The van der Waals surface area contributed by atoms with Crippen molar-refractivity contribution in [2.24, 2.45) is 0 Å². The van der Waals surface area contributed by atoms with Gasteiger partial charge in [0.05, 0.1) is 6.61 Å². The number of nitrogens with zero attached hydrogens (tertiary/aromatic N) is 2. The van der Waals surface area contributed by atoms with Gasteiger partial charge in [-0.25, -0.2) is 14.8 Å². The molecule has 0 saturated carbocycles. The Morgan fingerprint density at radius 2 is 2.05 bits per heavy atom. The van der Waals surface area contributed by atoms with Crippen LogP contribution in [0.15, 0.2) is 10.8 Å². The van der Waals surface area contributed by atoms with Gasteiger partial charge in [-0.3, -0.25) is 10.1 Å². The highest BCUT2D eigenvalue weighted by atomic mass is 32.1. The number of amides is 1. The van der Waals surface area contributed by atoms with Crippen LogP contribution < -0.4 is 11.1 Å². The van der Waals surface area contributed by atoms with E-state index in [1.54, 1.807) is 12.3 Å². The Balaban J connectivity index is 2.04. The van der Waals surface area contributed by atoms with Crippen molar-refractivity contribution in [3.05, 3.63) is 22.1 Å². The number of anilines is 2. The number of nitrogens with one attached hydrogen (secondary N) is 1. The van der Waals surface area contributed by atoms with Crippen LogP contribution in [0.2, 0.25) is 0 Å². The summed E-state index contributed by atoms with van der Waals surface area (Å²) in [6, 6.07) is 0. The van der Waals surface area contributed by atoms with Gasteiger partial charge < -0.3 is 10.5 Å². The lowest BCUT2D eigenvalue weighted by Crippen LogP contribution is -2.13. The average Bonchev–Trinajstić information content (AvgIpc) is 2.98. The molecule has 2 aromatic heterocycles. The zero-order chi connectivity index (χ0) is 13.8. The summed E-state index contributed by atoms with van der Waals surface area (Å²) in [7, 11) is 0. The number of hydrogen-bond donors (Lipinski definition) is 2. The second kappa shape index (κ2) is 5.76. The molecular formula is C10H10N4O3S2. The van der Waals surface area contributed by atoms with E-state index in [1.807, 2.05) is 0 Å². The van der Waals surface area contributed by atoms with Crippen LogP contribution in [0.5, 0.6) is 0 Å². The molecule has 0 aliphatic carbocycles. The Morgan fingerprint density at radius 3 is 2.68 bits per heavy atom. The van der Waals surface area contributed by atoms with Crippen LogP contribution in [0.25, 0.3) is 0 Å². The minimum absolute atomic E-state index is 0.167. The topological polar surface area (TPSA) is 107 Å². The number of ether oxygens (including phenoxy) is 1. The van der Waals surface area contributed by atoms with Gasteiger partial charge in [0.25, 0.3) is 5.91 Å². The van der Waals surface area contributed by atoms with Crippen molar-refractivity contribution in [1.29, 1.82) is 0 Å². The first-order valence-corrected chi connectivity index (χ1v) is 7.01. The van der Waals surface area contributed by atoms with Gasteiger partial charge in [-0.2, -0.15) is 0 Å². The number of carbonyl (C=O) groups excluding carboxylic acids is 2. The predicted molar refractivity (Wildman–Crippen MR) is 72.6 cm³/mol. The molecule has 0 saturated heterocycles. The molecule has 2 aromatic rings. The number of nitrogen functional groups attached to an aromatic ring is 1. The molecule has 1 amide bonds. The Bertz CT molecular complexity index is 607. The highest BCUT2D eigenvalue weighted by Crippen LogP contribution is 2.18. The van der Waals surface area contributed by atoms with Crippen molar-refractivity contribution in [2.45, 2.75) is 6.92 Å². The normalized spacial score (nSPS) is 10.2. The quantitative estimate of drug-likeness (QED) is 0.830. The van der Waals surface area contributed by atoms with Crippen molar-refractivity contribution in [1.82, 2.24) is 9.97 Å². The fourth-order valence-corrected chi connectivity index (χ4v) is 2.40. The molecule has 0 unspecified atom stereocenters. The van der Waals surface area contributed by atoms with Crippen LogP contribution in [-0.4, -0.2) is 28.5 Å². The minimum Gasteiger partial charge on any atom is -0.461 e. The van der Waals surface area contributed by atoms with Gasteiger partial charge in [0.1, 0.15) is 5.69 Å². The molecule has 0 bridgehead atoms. The van der Waals surface area contributed by atoms with Gasteiger partial charge in [0.15, 0.2) is 16.0 Å². The van der Waals surface area contributed by atoms with E-state index in [2.05, 4.69) is 15.3 Å². The molecule has 3 N–H and O–H groups in total. The lowest BCUT2D eigenvalue weighted by atomic mass is 10.5. The second-order valence-corrected chi connectivity index (χ2v) is 5.03. The van der Waals surface area contributed by atoms with Crippen LogP contribution >= 0.6 is 22.7 Å². The van der Waals surface area contributed by atoms with E-state index in [0.717, 1.165) is 11.3 Å². The summed E-state index contributed by atoms with van der Waals surface area (Å²) in [5, 5.41) is 6.22. The molecular weight excluding hydrogens is 288 g/mol. The predicted octanol–water partition coefficient (Wildman–Crippen LogP) is 1.61. The Kier molecular flexibility index (Phi) is 4.07. The summed E-state index contributed by atoms with van der Waals surface area (Å²) in [5.74, 6) is -0.935. The molecule has 100 valence electrons. The number of aromatic nitrogens is 2. The molecule has 0 aliphatic heterocycles. The molecule has 2 heterocycles. The van der Waals surface area contributed by atoms with Crippen molar-refractivity contribution in [3.63, 3.8) is 0 Å². The van der Waals surface area contributed by atoms with Gasteiger partial charge >= 0.3 is 5.97 Å². The van der Waals surface area contributed by atoms with Crippen molar-refractivity contribution in [2.75, 3.05) is 17.7 Å². The van der Waals surface area contributed by atoms with Crippen LogP contribution in [0.4, 0.5) is 10.3 Å². The van der Waals surface area contributed by atoms with Crippen LogP contribution in [-0.2, 0) is 4.74 Å². The minimum atomic E-state index is -0.517. The SMILES string of the molecule is CCOC(=O)c1csc(NC(=O)c2csc(N)n2)n1. The molecule has 0 radical (unpaired) electrons. The summed E-state index contributed by atoms with van der Waals surface area (Å²) >= 11 is 2.31. The number of carbonyl (C=O) groups is 2. The fraction of sp³-hybridized carbons (Fsp3) is 0.200. The fourth-order valence-electron chi connectivity index (χ4n) is 1.18. The summed E-state index contributed by atoms with van der Waals surface area (Å²) in [6.07, 6.45) is 0. The van der Waals surface area contributed by atoms with Gasteiger partial charge in [-0.15, -0.1) is 22.7 Å². The maximum atomic E-state index is 11.8. The number of rotatable bonds is 4. The van der Waals surface area contributed by atoms with E-state index in [4.69, 9.17) is 10.5 Å². The Morgan fingerprint density at radius 1 is 1.32 bits per heavy atom. The van der Waals surface area contributed by atoms with E-state index in [9.17, 15) is 9.59 Å². The number of hydrogen-bond acceptors (Lipinski definition) is 8. The largest absolute Gasteiger partial charge is 0.461 e. The summed E-state index contributed by atoms with van der Waals surface area (Å²) in [4.78, 5) is 31.0. The zero-order valence-electron chi connectivity index (χ0n) is 9.87. The van der Waals surface area contributed by atoms with E-state index in [1.165, 1.54) is 16.7 Å². The first-order chi connectivity index (χ1) is 9.10. The number of nitrogens with two attached hydrogens (primary N) is 1. The van der Waals surface area contributed by atoms with Gasteiger partial charge in [-0.1, -0.05) is 0 Å². The molecule has 0 atom stereocenters. The molecule has 7 nitrogen and oxygen atoms in total. The highest BCUT2D eigenvalue weighted by molar-refractivity contribution is 7.14. The van der Waals surface area contributed by atoms with Crippen LogP contribution in [0.3, 0.4) is 0 Å². The maximum absolute atomic E-state index is 11.8. The van der Waals surface area contributed by atoms with Crippen molar-refractivity contribution >= 4 is 44.8 Å². The van der Waals surface area contributed by atoms with Gasteiger partial charge in [0.2, 0.25) is 0 Å². The number of thiazole rings is 2. The molecule has 0 aliphatic rings. The van der Waals surface area contributed by atoms with Gasteiger partial charge in [-0.05, 0) is 6.92 Å². The lowest BCUT2D eigenvalue weighted by molar-refractivity contribution is 0.0520. The zero-order valence-corrected chi connectivity index (χ0v) is 11.5. The summed E-state index contributed by atoms with van der Waals surface area (Å²) in [6.45, 7) is 1.98. The smallest absolute Gasteiger partial charge is 0.357 e. The second-order valence-electron chi connectivity index (χ2n) is 3.28. The standard InChI is InChI=1S/C10H10N4O3S2/c1-2-17-8(16)6-4-19-10(13-6)14-7(15)5-3-18-9(11)12-5/h3-4H,2H2,1H3,(H2,11,12)(H,13,14,15). The first kappa shape index (κ1) is 13.4. The molecule has 2 rings (SSSR count). The summed E-state index contributed by atoms with van der Waals surface area (Å²) < 4.78 is 4.80. The average molecular weight is 298 g/mol. The van der Waals surface area contributed by atoms with Crippen LogP contribution in [0, 0.1) is 0 Å². The third-order valence-electron chi connectivity index (χ3n) is 1.96. The van der Waals surface area contributed by atoms with E-state index in [-0.39, 0.29) is 18.0 Å². The molecule has 19 heavy (non-hydrogen) atoms. The van der Waals surface area contributed by atoms with Gasteiger partial charge in [0, 0.05) is 10.8 Å². The van der Waals surface area contributed by atoms with E-state index < -0.39 is 11.9 Å². The highest BCUT2D eigenvalue weighted by Gasteiger charge is 2.15.